The first-order valence-corrected chi connectivity index (χ1v) is 8.72. The maximum Gasteiger partial charge on any atom is 0.224 e. The van der Waals surface area contributed by atoms with Crippen LogP contribution >= 0.6 is 0 Å². The van der Waals surface area contributed by atoms with Gasteiger partial charge in [-0.1, -0.05) is 0 Å². The Morgan fingerprint density at radius 3 is 2.88 bits per heavy atom. The summed E-state index contributed by atoms with van der Waals surface area (Å²) in [6.07, 6.45) is 1.85. The van der Waals surface area contributed by atoms with Crippen molar-refractivity contribution < 1.29 is 4.74 Å². The lowest BCUT2D eigenvalue weighted by Crippen LogP contribution is -2.23. The van der Waals surface area contributed by atoms with Gasteiger partial charge in [0.25, 0.3) is 0 Å². The summed E-state index contributed by atoms with van der Waals surface area (Å²) in [4.78, 5) is 11.7. The lowest BCUT2D eigenvalue weighted by molar-refractivity contribution is 0.210. The van der Waals surface area contributed by atoms with Crippen molar-refractivity contribution in [2.24, 2.45) is 0 Å². The molecule has 8 nitrogen and oxygen atoms in total. The Morgan fingerprint density at radius 1 is 1.28 bits per heavy atom. The molecule has 0 aromatic carbocycles. The fourth-order valence-corrected chi connectivity index (χ4v) is 3.06. The van der Waals surface area contributed by atoms with Crippen LogP contribution in [0.5, 0.6) is 0 Å². The molecule has 136 valence electrons. The van der Waals surface area contributed by atoms with E-state index in [0.29, 0.717) is 25.6 Å². The predicted molar refractivity (Wildman–Crippen MR) is 98.1 cm³/mol. The monoisotopic (exact) mass is 345 g/mol. The largest absolute Gasteiger partial charge is 0.383 e. The second-order valence-corrected chi connectivity index (χ2v) is 6.36. The number of anilines is 2. The van der Waals surface area contributed by atoms with Gasteiger partial charge in [0.15, 0.2) is 0 Å². The zero-order chi connectivity index (χ0) is 17.6. The lowest BCUT2D eigenvalue weighted by Gasteiger charge is -2.22. The van der Waals surface area contributed by atoms with Gasteiger partial charge >= 0.3 is 0 Å². The number of hydrogen-bond donors (Lipinski definition) is 3. The normalized spacial score (nSPS) is 14.0. The molecule has 3 heterocycles. The van der Waals surface area contributed by atoms with Crippen molar-refractivity contribution in [1.82, 2.24) is 25.5 Å². The fraction of sp³-hybridized carbons (Fsp3) is 0.588. The summed E-state index contributed by atoms with van der Waals surface area (Å²) in [7, 11) is 3.75. The summed E-state index contributed by atoms with van der Waals surface area (Å²) in [6.45, 7) is 5.93. The lowest BCUT2D eigenvalue weighted by atomic mass is 10.1. The minimum atomic E-state index is 0.625. The van der Waals surface area contributed by atoms with Crippen LogP contribution in [0.15, 0.2) is 6.07 Å². The molecule has 2 aromatic heterocycles. The zero-order valence-corrected chi connectivity index (χ0v) is 15.2. The molecule has 8 heteroatoms. The number of aryl methyl sites for hydroxylation is 1. The summed E-state index contributed by atoms with van der Waals surface area (Å²) < 4.78 is 5.11. The van der Waals surface area contributed by atoms with Gasteiger partial charge in [0.2, 0.25) is 5.95 Å². The van der Waals surface area contributed by atoms with Crippen molar-refractivity contribution in [3.8, 4) is 0 Å². The van der Waals surface area contributed by atoms with Gasteiger partial charge in [0, 0.05) is 44.9 Å². The van der Waals surface area contributed by atoms with Gasteiger partial charge < -0.3 is 20.3 Å². The molecule has 3 N–H and O–H groups in total. The average molecular weight is 345 g/mol. The van der Waals surface area contributed by atoms with Crippen LogP contribution in [0.2, 0.25) is 0 Å². The molecular formula is C17H27N7O. The topological polar surface area (TPSA) is 91.0 Å². The second-order valence-electron chi connectivity index (χ2n) is 6.36. The van der Waals surface area contributed by atoms with Crippen molar-refractivity contribution in [2.75, 3.05) is 50.6 Å². The van der Waals surface area contributed by atoms with Crippen LogP contribution in [0, 0.1) is 6.92 Å². The smallest absolute Gasteiger partial charge is 0.224 e. The number of rotatable bonds is 7. The van der Waals surface area contributed by atoms with Crippen LogP contribution in [-0.2, 0) is 24.1 Å². The van der Waals surface area contributed by atoms with E-state index in [1.165, 1.54) is 5.56 Å². The van der Waals surface area contributed by atoms with Crippen molar-refractivity contribution in [3.63, 3.8) is 0 Å². The Labute approximate surface area is 148 Å². The van der Waals surface area contributed by atoms with E-state index in [2.05, 4.69) is 38.8 Å². The molecule has 0 saturated carbocycles. The highest BCUT2D eigenvalue weighted by atomic mass is 16.5. The maximum atomic E-state index is 5.11. The van der Waals surface area contributed by atoms with Crippen molar-refractivity contribution in [1.29, 1.82) is 0 Å². The van der Waals surface area contributed by atoms with E-state index in [9.17, 15) is 0 Å². The minimum Gasteiger partial charge on any atom is -0.383 e. The fourth-order valence-electron chi connectivity index (χ4n) is 3.06. The van der Waals surface area contributed by atoms with Crippen LogP contribution in [0.1, 0.15) is 22.6 Å². The van der Waals surface area contributed by atoms with Crippen molar-refractivity contribution in [3.05, 3.63) is 28.7 Å². The molecule has 0 aliphatic carbocycles. The molecule has 0 spiro atoms. The number of aromatic nitrogens is 4. The third-order valence-electron chi connectivity index (χ3n) is 4.27. The van der Waals surface area contributed by atoms with E-state index in [0.717, 1.165) is 48.8 Å². The number of fused-ring (bicyclic) bond motifs is 1. The molecule has 0 unspecified atom stereocenters. The van der Waals surface area contributed by atoms with Gasteiger partial charge in [0.05, 0.1) is 24.5 Å². The minimum absolute atomic E-state index is 0.625. The molecule has 25 heavy (non-hydrogen) atoms. The van der Waals surface area contributed by atoms with Crippen LogP contribution in [0.25, 0.3) is 0 Å². The average Bonchev–Trinajstić information content (AvgIpc) is 2.86. The van der Waals surface area contributed by atoms with E-state index < -0.39 is 0 Å². The molecule has 1 aliphatic rings. The third-order valence-corrected chi connectivity index (χ3v) is 4.27. The van der Waals surface area contributed by atoms with E-state index in [-0.39, 0.29) is 0 Å². The Hall–Kier alpha value is -2.19. The zero-order valence-electron chi connectivity index (χ0n) is 15.2. The van der Waals surface area contributed by atoms with Gasteiger partial charge in [-0.3, -0.25) is 5.10 Å². The Bertz CT molecular complexity index is 700. The van der Waals surface area contributed by atoms with Crippen molar-refractivity contribution >= 4 is 11.8 Å². The molecule has 0 bridgehead atoms. The molecule has 2 aromatic rings. The molecule has 0 saturated heterocycles. The summed E-state index contributed by atoms with van der Waals surface area (Å²) in [5.41, 5.74) is 4.43. The first kappa shape index (κ1) is 17.6. The molecule has 1 aliphatic heterocycles. The van der Waals surface area contributed by atoms with E-state index >= 15 is 0 Å². The van der Waals surface area contributed by atoms with Gasteiger partial charge in [0.1, 0.15) is 5.82 Å². The van der Waals surface area contributed by atoms with Gasteiger partial charge in [-0.15, -0.1) is 0 Å². The molecule has 3 rings (SSSR count). The summed E-state index contributed by atoms with van der Waals surface area (Å²) in [6, 6.07) is 2.07. The number of H-pyrrole nitrogens is 1. The number of nitrogens with one attached hydrogen (secondary N) is 3. The van der Waals surface area contributed by atoms with Crippen LogP contribution in [-0.4, -0.2) is 60.6 Å². The Kier molecular flexibility index (Phi) is 5.83. The Morgan fingerprint density at radius 2 is 2.12 bits per heavy atom. The molecule has 0 fully saturated rings. The number of nitrogens with zero attached hydrogens (tertiary/aromatic N) is 4. The van der Waals surface area contributed by atoms with E-state index in [1.807, 2.05) is 6.92 Å². The molecular weight excluding hydrogens is 318 g/mol. The van der Waals surface area contributed by atoms with Crippen LogP contribution in [0.3, 0.4) is 0 Å². The summed E-state index contributed by atoms with van der Waals surface area (Å²) in [5, 5.41) is 14.0. The SMILES string of the molecule is COCCNc1nc2c(c(N(C)Cc3cc(C)[nH]n3)n1)CCNCC2. The van der Waals surface area contributed by atoms with Crippen molar-refractivity contribution in [2.45, 2.75) is 26.3 Å². The third kappa shape index (κ3) is 4.46. The number of aromatic amines is 1. The maximum absolute atomic E-state index is 5.11. The predicted octanol–water partition coefficient (Wildman–Crippen LogP) is 0.891. The molecule has 0 amide bonds. The highest BCUT2D eigenvalue weighted by Crippen LogP contribution is 2.25. The van der Waals surface area contributed by atoms with Crippen LogP contribution < -0.4 is 15.5 Å². The highest BCUT2D eigenvalue weighted by molar-refractivity contribution is 5.53. The first-order valence-electron chi connectivity index (χ1n) is 8.72. The highest BCUT2D eigenvalue weighted by Gasteiger charge is 2.19. The Balaban J connectivity index is 1.87. The van der Waals surface area contributed by atoms with Crippen LogP contribution in [0.4, 0.5) is 11.8 Å². The number of hydrogen-bond acceptors (Lipinski definition) is 7. The van der Waals surface area contributed by atoms with Gasteiger partial charge in [-0.05, 0) is 26.0 Å². The van der Waals surface area contributed by atoms with E-state index in [1.54, 1.807) is 7.11 Å². The molecule has 0 radical (unpaired) electrons. The number of ether oxygens (including phenoxy) is 1. The molecule has 0 atom stereocenters. The summed E-state index contributed by atoms with van der Waals surface area (Å²) >= 11 is 0. The van der Waals surface area contributed by atoms with Gasteiger partial charge in [-0.2, -0.15) is 10.1 Å². The standard InChI is InChI=1S/C17H27N7O/c1-12-10-13(23-22-12)11-24(2)16-14-4-6-18-7-5-15(14)20-17(21-16)19-8-9-25-3/h10,18H,4-9,11H2,1-3H3,(H,22,23)(H,19,20,21). The quantitative estimate of drug-likeness (QED) is 0.642. The number of methoxy groups -OCH3 is 1. The first-order chi connectivity index (χ1) is 12.2. The summed E-state index contributed by atoms with van der Waals surface area (Å²) in [5.74, 6) is 1.65. The second kappa shape index (κ2) is 8.26. The van der Waals surface area contributed by atoms with E-state index in [4.69, 9.17) is 14.7 Å². The van der Waals surface area contributed by atoms with Gasteiger partial charge in [-0.25, -0.2) is 4.98 Å².